The molecule has 0 atom stereocenters. The number of anilines is 1. The molecule has 0 aromatic carbocycles. The summed E-state index contributed by atoms with van der Waals surface area (Å²) in [7, 11) is 1.88. The summed E-state index contributed by atoms with van der Waals surface area (Å²) < 4.78 is 6.04. The fraction of sp³-hybridized carbons (Fsp3) is 0.500. The molecular weight excluding hydrogens is 222 g/mol. The summed E-state index contributed by atoms with van der Waals surface area (Å²) in [5.74, 6) is 1.34. The predicted octanol–water partition coefficient (Wildman–Crippen LogP) is 2.01. The first kappa shape index (κ1) is 11.1. The highest BCUT2D eigenvalue weighted by Gasteiger charge is 2.08. The quantitative estimate of drug-likeness (QED) is 0.883. The third-order valence-electron chi connectivity index (χ3n) is 2.05. The second-order valence-corrected chi connectivity index (χ2v) is 4.85. The summed E-state index contributed by atoms with van der Waals surface area (Å²) in [5, 5.41) is 8.22. The van der Waals surface area contributed by atoms with Crippen molar-refractivity contribution in [1.29, 1.82) is 0 Å². The molecule has 86 valence electrons. The van der Waals surface area contributed by atoms with Gasteiger partial charge < -0.3 is 5.32 Å². The lowest BCUT2D eigenvalue weighted by atomic mass is 10.2. The number of rotatable bonds is 4. The summed E-state index contributed by atoms with van der Waals surface area (Å²) in [5.41, 5.74) is 0.955. The molecule has 2 aromatic rings. The molecule has 16 heavy (non-hydrogen) atoms. The van der Waals surface area contributed by atoms with Crippen LogP contribution in [0.3, 0.4) is 0 Å². The molecule has 2 heterocycles. The third-order valence-corrected chi connectivity index (χ3v) is 2.72. The summed E-state index contributed by atoms with van der Waals surface area (Å²) >= 11 is 1.39. The van der Waals surface area contributed by atoms with Crippen LogP contribution in [-0.2, 0) is 7.05 Å². The van der Waals surface area contributed by atoms with E-state index >= 15 is 0 Å². The van der Waals surface area contributed by atoms with Crippen molar-refractivity contribution in [3.8, 4) is 11.4 Å². The Bertz CT molecular complexity index is 459. The second kappa shape index (κ2) is 4.61. The first-order valence-corrected chi connectivity index (χ1v) is 5.99. The van der Waals surface area contributed by atoms with E-state index < -0.39 is 0 Å². The van der Waals surface area contributed by atoms with Crippen LogP contribution in [0.1, 0.15) is 13.8 Å². The van der Waals surface area contributed by atoms with Crippen molar-refractivity contribution in [3.05, 3.63) is 12.4 Å². The topological polar surface area (TPSA) is 55.6 Å². The largest absolute Gasteiger partial charge is 0.360 e. The van der Waals surface area contributed by atoms with Crippen molar-refractivity contribution in [1.82, 2.24) is 19.1 Å². The molecule has 6 heteroatoms. The first-order valence-electron chi connectivity index (χ1n) is 5.21. The van der Waals surface area contributed by atoms with E-state index in [1.807, 2.05) is 13.2 Å². The molecule has 0 aliphatic rings. The van der Waals surface area contributed by atoms with Crippen molar-refractivity contribution in [2.75, 3.05) is 11.9 Å². The standard InChI is InChI=1S/C10H15N5S/c1-7(2)4-11-10-13-9(14-16-10)8-5-12-15(3)6-8/h5-7H,4H2,1-3H3,(H,11,13,14). The minimum absolute atomic E-state index is 0.603. The van der Waals surface area contributed by atoms with E-state index in [1.165, 1.54) is 11.5 Å². The van der Waals surface area contributed by atoms with Crippen molar-refractivity contribution < 1.29 is 0 Å². The predicted molar refractivity (Wildman–Crippen MR) is 65.4 cm³/mol. The van der Waals surface area contributed by atoms with Gasteiger partial charge in [-0.1, -0.05) is 13.8 Å². The van der Waals surface area contributed by atoms with Gasteiger partial charge in [0.2, 0.25) is 5.13 Å². The molecule has 0 saturated heterocycles. The van der Waals surface area contributed by atoms with Crippen molar-refractivity contribution >= 4 is 16.7 Å². The van der Waals surface area contributed by atoms with Gasteiger partial charge in [-0.25, -0.2) is 0 Å². The van der Waals surface area contributed by atoms with Crippen LogP contribution in [0.5, 0.6) is 0 Å². The summed E-state index contributed by atoms with van der Waals surface area (Å²) in [4.78, 5) is 4.41. The number of hydrogen-bond acceptors (Lipinski definition) is 5. The lowest BCUT2D eigenvalue weighted by molar-refractivity contribution is 0.688. The number of aromatic nitrogens is 4. The van der Waals surface area contributed by atoms with E-state index in [0.717, 1.165) is 23.1 Å². The lowest BCUT2D eigenvalue weighted by Gasteiger charge is -2.03. The molecule has 0 radical (unpaired) electrons. The average Bonchev–Trinajstić information content (AvgIpc) is 2.83. The molecule has 0 unspecified atom stereocenters. The zero-order valence-electron chi connectivity index (χ0n) is 9.64. The van der Waals surface area contributed by atoms with Crippen LogP contribution in [0.4, 0.5) is 5.13 Å². The Morgan fingerprint density at radius 3 is 2.94 bits per heavy atom. The molecule has 2 aromatic heterocycles. The highest BCUT2D eigenvalue weighted by molar-refractivity contribution is 7.09. The molecule has 0 saturated carbocycles. The summed E-state index contributed by atoms with van der Waals surface area (Å²) in [6.45, 7) is 5.24. The van der Waals surface area contributed by atoms with Gasteiger partial charge in [0.15, 0.2) is 5.82 Å². The van der Waals surface area contributed by atoms with Crippen LogP contribution >= 0.6 is 11.5 Å². The van der Waals surface area contributed by atoms with Gasteiger partial charge in [0, 0.05) is 31.3 Å². The van der Waals surface area contributed by atoms with E-state index in [4.69, 9.17) is 0 Å². The maximum atomic E-state index is 4.41. The highest BCUT2D eigenvalue weighted by atomic mass is 32.1. The Morgan fingerprint density at radius 1 is 1.50 bits per heavy atom. The molecule has 0 spiro atoms. The van der Waals surface area contributed by atoms with Crippen LogP contribution in [0.2, 0.25) is 0 Å². The molecule has 0 amide bonds. The number of aryl methyl sites for hydroxylation is 1. The zero-order chi connectivity index (χ0) is 11.5. The van der Waals surface area contributed by atoms with E-state index in [2.05, 4.69) is 33.6 Å². The van der Waals surface area contributed by atoms with Gasteiger partial charge in [0.05, 0.1) is 11.8 Å². The van der Waals surface area contributed by atoms with Gasteiger partial charge in [0.25, 0.3) is 0 Å². The van der Waals surface area contributed by atoms with Gasteiger partial charge in [-0.2, -0.15) is 14.5 Å². The molecule has 1 N–H and O–H groups in total. The molecule has 0 bridgehead atoms. The van der Waals surface area contributed by atoms with Crippen LogP contribution in [0.25, 0.3) is 11.4 Å². The molecule has 5 nitrogen and oxygen atoms in total. The van der Waals surface area contributed by atoms with E-state index in [-0.39, 0.29) is 0 Å². The Balaban J connectivity index is 2.07. The van der Waals surface area contributed by atoms with Gasteiger partial charge in [-0.15, -0.1) is 0 Å². The number of hydrogen-bond donors (Lipinski definition) is 1. The Morgan fingerprint density at radius 2 is 2.31 bits per heavy atom. The fourth-order valence-electron chi connectivity index (χ4n) is 1.24. The summed E-state index contributed by atoms with van der Waals surface area (Å²) in [6.07, 6.45) is 3.68. The number of nitrogens with zero attached hydrogens (tertiary/aromatic N) is 4. The van der Waals surface area contributed by atoms with E-state index in [1.54, 1.807) is 10.9 Å². The lowest BCUT2D eigenvalue weighted by Crippen LogP contribution is -2.07. The van der Waals surface area contributed by atoms with Crippen LogP contribution in [-0.4, -0.2) is 25.7 Å². The molecule has 0 fully saturated rings. The summed E-state index contributed by atoms with van der Waals surface area (Å²) in [6, 6.07) is 0. The van der Waals surface area contributed by atoms with Crippen molar-refractivity contribution in [2.24, 2.45) is 13.0 Å². The van der Waals surface area contributed by atoms with Crippen molar-refractivity contribution in [2.45, 2.75) is 13.8 Å². The average molecular weight is 237 g/mol. The normalized spacial score (nSPS) is 11.0. The molecular formula is C10H15N5S. The van der Waals surface area contributed by atoms with E-state index in [9.17, 15) is 0 Å². The Hall–Kier alpha value is -1.43. The van der Waals surface area contributed by atoms with E-state index in [0.29, 0.717) is 5.92 Å². The van der Waals surface area contributed by atoms with Crippen LogP contribution < -0.4 is 5.32 Å². The minimum Gasteiger partial charge on any atom is -0.360 e. The fourth-order valence-corrected chi connectivity index (χ4v) is 1.84. The first-order chi connectivity index (χ1) is 7.65. The van der Waals surface area contributed by atoms with Crippen LogP contribution in [0.15, 0.2) is 12.4 Å². The Labute approximate surface area is 98.7 Å². The maximum absolute atomic E-state index is 4.41. The molecule has 0 aliphatic heterocycles. The van der Waals surface area contributed by atoms with Gasteiger partial charge >= 0.3 is 0 Å². The van der Waals surface area contributed by atoms with Gasteiger partial charge in [-0.05, 0) is 5.92 Å². The second-order valence-electron chi connectivity index (χ2n) is 4.10. The maximum Gasteiger partial charge on any atom is 0.202 e. The van der Waals surface area contributed by atoms with Crippen molar-refractivity contribution in [3.63, 3.8) is 0 Å². The van der Waals surface area contributed by atoms with Gasteiger partial charge in [-0.3, -0.25) is 4.68 Å². The smallest absolute Gasteiger partial charge is 0.202 e. The highest BCUT2D eigenvalue weighted by Crippen LogP contribution is 2.20. The molecule has 2 rings (SSSR count). The Kier molecular flexibility index (Phi) is 3.19. The monoisotopic (exact) mass is 237 g/mol. The zero-order valence-corrected chi connectivity index (χ0v) is 10.5. The number of nitrogens with one attached hydrogen (secondary N) is 1. The third kappa shape index (κ3) is 2.57. The van der Waals surface area contributed by atoms with Gasteiger partial charge in [0.1, 0.15) is 0 Å². The minimum atomic E-state index is 0.603. The molecule has 0 aliphatic carbocycles. The SMILES string of the molecule is CC(C)CNc1nc(-c2cnn(C)c2)ns1. The van der Waals surface area contributed by atoms with Crippen LogP contribution in [0, 0.1) is 5.92 Å².